The van der Waals surface area contributed by atoms with Gasteiger partial charge in [0.15, 0.2) is 5.60 Å². The molecule has 0 bridgehead atoms. The summed E-state index contributed by atoms with van der Waals surface area (Å²) in [7, 11) is 0. The van der Waals surface area contributed by atoms with Gasteiger partial charge in [-0.3, -0.25) is 9.59 Å². The second-order valence-electron chi connectivity index (χ2n) is 7.83. The molecule has 2 aliphatic heterocycles. The van der Waals surface area contributed by atoms with Crippen LogP contribution in [0.25, 0.3) is 0 Å². The number of hydrogen-bond donors (Lipinski definition) is 1. The van der Waals surface area contributed by atoms with Crippen LogP contribution in [0.3, 0.4) is 0 Å². The van der Waals surface area contributed by atoms with Gasteiger partial charge in [0.25, 0.3) is 5.91 Å². The highest BCUT2D eigenvalue weighted by Gasteiger charge is 2.45. The molecule has 3 heterocycles. The fraction of sp³-hybridized carbons (Fsp3) is 0.409. The molecule has 1 aromatic carbocycles. The van der Waals surface area contributed by atoms with Crippen molar-refractivity contribution in [2.24, 2.45) is 5.16 Å². The first-order chi connectivity index (χ1) is 14.0. The maximum atomic E-state index is 12.7. The van der Waals surface area contributed by atoms with Crippen molar-refractivity contribution in [2.45, 2.75) is 44.8 Å². The fourth-order valence-corrected chi connectivity index (χ4v) is 4.53. The fourth-order valence-electron chi connectivity index (χ4n) is 3.84. The molecule has 0 aliphatic carbocycles. The molecule has 1 N–H and O–H groups in total. The third-order valence-electron chi connectivity index (χ3n) is 5.47. The number of nitrogens with zero attached hydrogens (tertiary/aromatic N) is 2. The highest BCUT2D eigenvalue weighted by atomic mass is 32.1. The van der Waals surface area contributed by atoms with E-state index < -0.39 is 5.60 Å². The minimum absolute atomic E-state index is 0.104. The molecule has 1 aromatic heterocycles. The van der Waals surface area contributed by atoms with E-state index in [1.807, 2.05) is 53.6 Å². The summed E-state index contributed by atoms with van der Waals surface area (Å²) in [5.74, 6) is -0.100. The van der Waals surface area contributed by atoms with Crippen LogP contribution < -0.4 is 5.32 Å². The highest BCUT2D eigenvalue weighted by Crippen LogP contribution is 2.33. The van der Waals surface area contributed by atoms with Gasteiger partial charge in [-0.15, -0.1) is 11.3 Å². The monoisotopic (exact) mass is 411 g/mol. The van der Waals surface area contributed by atoms with Crippen LogP contribution in [0.4, 0.5) is 0 Å². The number of rotatable bonds is 5. The van der Waals surface area contributed by atoms with Gasteiger partial charge < -0.3 is 15.1 Å². The van der Waals surface area contributed by atoms with Gasteiger partial charge in [0.05, 0.1) is 13.0 Å². The van der Waals surface area contributed by atoms with E-state index in [0.717, 1.165) is 29.8 Å². The molecule has 29 heavy (non-hydrogen) atoms. The zero-order chi connectivity index (χ0) is 20.3. The van der Waals surface area contributed by atoms with Gasteiger partial charge in [-0.2, -0.15) is 0 Å². The number of aryl methyl sites for hydroxylation is 1. The van der Waals surface area contributed by atoms with Gasteiger partial charge >= 0.3 is 0 Å². The van der Waals surface area contributed by atoms with E-state index in [2.05, 4.69) is 10.5 Å². The maximum Gasteiger partial charge on any atom is 0.269 e. The SMILES string of the molecule is Cc1ccc(CNC(=O)C2=NOC3(CCCN(C(=O)Cc4cccs4)C3)C2)cc1. The van der Waals surface area contributed by atoms with E-state index in [1.54, 1.807) is 11.3 Å². The Balaban J connectivity index is 1.31. The zero-order valence-corrected chi connectivity index (χ0v) is 17.3. The van der Waals surface area contributed by atoms with Crippen LogP contribution in [-0.4, -0.2) is 41.1 Å². The molecule has 2 aliphatic rings. The molecular weight excluding hydrogens is 386 g/mol. The van der Waals surface area contributed by atoms with E-state index in [9.17, 15) is 9.59 Å². The predicted molar refractivity (Wildman–Crippen MR) is 113 cm³/mol. The van der Waals surface area contributed by atoms with Gasteiger partial charge in [0.2, 0.25) is 5.91 Å². The summed E-state index contributed by atoms with van der Waals surface area (Å²) in [6.07, 6.45) is 2.51. The first-order valence-electron chi connectivity index (χ1n) is 9.92. The second-order valence-corrected chi connectivity index (χ2v) is 8.86. The van der Waals surface area contributed by atoms with Gasteiger partial charge in [-0.25, -0.2) is 0 Å². The molecular formula is C22H25N3O3S. The van der Waals surface area contributed by atoms with E-state index >= 15 is 0 Å². The summed E-state index contributed by atoms with van der Waals surface area (Å²) in [5, 5.41) is 8.98. The molecule has 0 saturated carbocycles. The summed E-state index contributed by atoms with van der Waals surface area (Å²) >= 11 is 1.59. The average molecular weight is 412 g/mol. The Morgan fingerprint density at radius 1 is 1.28 bits per heavy atom. The van der Waals surface area contributed by atoms with Crippen LogP contribution >= 0.6 is 11.3 Å². The number of thiophene rings is 1. The van der Waals surface area contributed by atoms with Crippen molar-refractivity contribution in [2.75, 3.05) is 13.1 Å². The number of piperidine rings is 1. The Hall–Kier alpha value is -2.67. The van der Waals surface area contributed by atoms with Crippen molar-refractivity contribution < 1.29 is 14.4 Å². The molecule has 1 fully saturated rings. The van der Waals surface area contributed by atoms with Crippen molar-refractivity contribution in [1.82, 2.24) is 10.2 Å². The highest BCUT2D eigenvalue weighted by molar-refractivity contribution is 7.10. The molecule has 0 radical (unpaired) electrons. The van der Waals surface area contributed by atoms with Gasteiger partial charge in [-0.05, 0) is 36.8 Å². The van der Waals surface area contributed by atoms with Crippen molar-refractivity contribution in [3.05, 3.63) is 57.8 Å². The summed E-state index contributed by atoms with van der Waals surface area (Å²) in [6, 6.07) is 12.0. The summed E-state index contributed by atoms with van der Waals surface area (Å²) in [5.41, 5.74) is 2.07. The lowest BCUT2D eigenvalue weighted by Crippen LogP contribution is -2.51. The second kappa shape index (κ2) is 8.37. The van der Waals surface area contributed by atoms with Gasteiger partial charge in [0.1, 0.15) is 5.71 Å². The normalized spacial score (nSPS) is 21.0. The number of oxime groups is 1. The maximum absolute atomic E-state index is 12.7. The number of benzene rings is 1. The van der Waals surface area contributed by atoms with Crippen LogP contribution in [0.2, 0.25) is 0 Å². The lowest BCUT2D eigenvalue weighted by molar-refractivity contribution is -0.139. The van der Waals surface area contributed by atoms with Crippen LogP contribution in [0.1, 0.15) is 35.3 Å². The Labute approximate surface area is 174 Å². The largest absolute Gasteiger partial charge is 0.386 e. The van der Waals surface area contributed by atoms with Gasteiger partial charge in [-0.1, -0.05) is 41.1 Å². The molecule has 1 saturated heterocycles. The topological polar surface area (TPSA) is 71.0 Å². The minimum Gasteiger partial charge on any atom is -0.386 e. The van der Waals surface area contributed by atoms with Crippen LogP contribution in [0.5, 0.6) is 0 Å². The van der Waals surface area contributed by atoms with Crippen LogP contribution in [0.15, 0.2) is 46.9 Å². The summed E-state index contributed by atoms with van der Waals surface area (Å²) in [6.45, 7) is 3.70. The lowest BCUT2D eigenvalue weighted by atomic mass is 9.88. The summed E-state index contributed by atoms with van der Waals surface area (Å²) < 4.78 is 0. The van der Waals surface area contributed by atoms with E-state index in [1.165, 1.54) is 5.56 Å². The summed E-state index contributed by atoms with van der Waals surface area (Å²) in [4.78, 5) is 33.9. The number of carbonyl (C=O) groups is 2. The Bertz CT molecular complexity index is 908. The van der Waals surface area contributed by atoms with Crippen molar-refractivity contribution >= 4 is 28.9 Å². The molecule has 1 atom stereocenters. The lowest BCUT2D eigenvalue weighted by Gasteiger charge is -2.38. The first-order valence-corrected chi connectivity index (χ1v) is 10.8. The smallest absolute Gasteiger partial charge is 0.269 e. The molecule has 1 unspecified atom stereocenters. The van der Waals surface area contributed by atoms with Crippen molar-refractivity contribution in [3.63, 3.8) is 0 Å². The quantitative estimate of drug-likeness (QED) is 0.822. The van der Waals surface area contributed by atoms with Gasteiger partial charge in [0, 0.05) is 24.4 Å². The average Bonchev–Trinajstić information content (AvgIpc) is 3.38. The molecule has 6 nitrogen and oxygen atoms in total. The number of nitrogens with one attached hydrogen (secondary N) is 1. The third-order valence-corrected chi connectivity index (χ3v) is 6.35. The van der Waals surface area contributed by atoms with Crippen LogP contribution in [0, 0.1) is 6.92 Å². The number of hydrogen-bond acceptors (Lipinski definition) is 5. The van der Waals surface area contributed by atoms with Crippen molar-refractivity contribution in [1.29, 1.82) is 0 Å². The van der Waals surface area contributed by atoms with E-state index in [0.29, 0.717) is 31.6 Å². The molecule has 2 aromatic rings. The molecule has 2 amide bonds. The zero-order valence-electron chi connectivity index (χ0n) is 16.5. The molecule has 4 rings (SSSR count). The van der Waals surface area contributed by atoms with E-state index in [4.69, 9.17) is 4.84 Å². The van der Waals surface area contributed by atoms with E-state index in [-0.39, 0.29) is 11.8 Å². The first kappa shape index (κ1) is 19.6. The minimum atomic E-state index is -0.570. The molecule has 7 heteroatoms. The molecule has 1 spiro atoms. The predicted octanol–water partition coefficient (Wildman–Crippen LogP) is 3.05. The third kappa shape index (κ3) is 4.67. The Morgan fingerprint density at radius 3 is 2.86 bits per heavy atom. The standard InChI is InChI=1S/C22H25N3O3S/c1-16-5-7-17(8-6-16)14-23-21(27)19-13-22(28-24-19)9-3-10-25(15-22)20(26)12-18-4-2-11-29-18/h2,4-8,11H,3,9-10,12-15H2,1H3,(H,23,27). The van der Waals surface area contributed by atoms with Crippen LogP contribution in [-0.2, 0) is 27.4 Å². The number of amides is 2. The Kier molecular flexibility index (Phi) is 5.67. The molecule has 152 valence electrons. The number of carbonyl (C=O) groups excluding carboxylic acids is 2. The Morgan fingerprint density at radius 2 is 2.10 bits per heavy atom. The van der Waals surface area contributed by atoms with Crippen molar-refractivity contribution in [3.8, 4) is 0 Å². The number of likely N-dealkylation sites (tertiary alicyclic amines) is 1.